The Hall–Kier alpha value is 0. The third-order valence-electron chi connectivity index (χ3n) is 6.63. The largest absolute Gasteiger partial charge is 0.0651 e. The molecule has 0 aliphatic heterocycles. The van der Waals surface area contributed by atoms with Crippen molar-refractivity contribution in [2.45, 2.75) is 87.0 Å². The molecule has 0 N–H and O–H groups in total. The summed E-state index contributed by atoms with van der Waals surface area (Å²) in [5, 5.41) is 0. The number of hydrogen-bond donors (Lipinski definition) is 0. The van der Waals surface area contributed by atoms with Crippen LogP contribution in [0.5, 0.6) is 0 Å². The molecule has 0 amide bonds. The van der Waals surface area contributed by atoms with E-state index in [4.69, 9.17) is 0 Å². The maximum atomic E-state index is 2.54. The standard InChI is InChI=1S/C20H40/c1-8-18(9-2)12-14(4)11-16(6)20-13-15(5)17(7)19(20)10-3/h14-20H,8-13H2,1-7H3. The molecule has 0 bridgehead atoms. The van der Waals surface area contributed by atoms with Crippen molar-refractivity contribution in [2.24, 2.45) is 41.4 Å². The average molecular weight is 281 g/mol. The third-order valence-corrected chi connectivity index (χ3v) is 6.63. The van der Waals surface area contributed by atoms with E-state index in [1.165, 1.54) is 38.5 Å². The number of hydrogen-bond acceptors (Lipinski definition) is 0. The molecule has 1 fully saturated rings. The van der Waals surface area contributed by atoms with Crippen LogP contribution in [0, 0.1) is 41.4 Å². The second-order valence-corrected chi connectivity index (χ2v) is 8.04. The van der Waals surface area contributed by atoms with Gasteiger partial charge >= 0.3 is 0 Å². The van der Waals surface area contributed by atoms with Crippen LogP contribution in [0.4, 0.5) is 0 Å². The van der Waals surface area contributed by atoms with Gasteiger partial charge in [-0.05, 0) is 60.7 Å². The Morgan fingerprint density at radius 2 is 1.55 bits per heavy atom. The average Bonchev–Trinajstić information content (AvgIpc) is 2.71. The highest BCUT2D eigenvalue weighted by molar-refractivity contribution is 4.89. The van der Waals surface area contributed by atoms with Gasteiger partial charge < -0.3 is 0 Å². The molecule has 0 heteroatoms. The molecule has 1 rings (SSSR count). The summed E-state index contributed by atoms with van der Waals surface area (Å²) in [6.45, 7) is 17.1. The van der Waals surface area contributed by atoms with Gasteiger partial charge in [-0.15, -0.1) is 0 Å². The Labute approximate surface area is 129 Å². The zero-order chi connectivity index (χ0) is 15.3. The van der Waals surface area contributed by atoms with Crippen LogP contribution in [-0.4, -0.2) is 0 Å². The predicted octanol–water partition coefficient (Wildman–Crippen LogP) is 6.79. The molecule has 20 heavy (non-hydrogen) atoms. The van der Waals surface area contributed by atoms with Gasteiger partial charge in [-0.2, -0.15) is 0 Å². The molecule has 6 atom stereocenters. The topological polar surface area (TPSA) is 0 Å². The Kier molecular flexibility index (Phi) is 7.62. The quantitative estimate of drug-likeness (QED) is 0.459. The van der Waals surface area contributed by atoms with E-state index >= 15 is 0 Å². The minimum Gasteiger partial charge on any atom is -0.0651 e. The third kappa shape index (κ3) is 4.50. The highest BCUT2D eigenvalue weighted by Crippen LogP contribution is 2.47. The van der Waals surface area contributed by atoms with Crippen LogP contribution < -0.4 is 0 Å². The summed E-state index contributed by atoms with van der Waals surface area (Å²) in [7, 11) is 0. The molecule has 0 saturated heterocycles. The first-order chi connectivity index (χ1) is 9.44. The molecule has 6 unspecified atom stereocenters. The smallest absolute Gasteiger partial charge is 0.0355 e. The van der Waals surface area contributed by atoms with E-state index in [1.807, 2.05) is 0 Å². The Morgan fingerprint density at radius 3 is 2.05 bits per heavy atom. The molecular weight excluding hydrogens is 240 g/mol. The van der Waals surface area contributed by atoms with Crippen molar-refractivity contribution < 1.29 is 0 Å². The molecule has 0 spiro atoms. The fourth-order valence-corrected chi connectivity index (χ4v) is 5.06. The minimum atomic E-state index is 0.915. The van der Waals surface area contributed by atoms with Gasteiger partial charge in [0.15, 0.2) is 0 Å². The van der Waals surface area contributed by atoms with Crippen LogP contribution >= 0.6 is 0 Å². The first-order valence-corrected chi connectivity index (χ1v) is 9.44. The molecule has 120 valence electrons. The van der Waals surface area contributed by atoms with Crippen LogP contribution in [0.2, 0.25) is 0 Å². The van der Waals surface area contributed by atoms with Crippen molar-refractivity contribution in [3.8, 4) is 0 Å². The van der Waals surface area contributed by atoms with Gasteiger partial charge in [0.25, 0.3) is 0 Å². The summed E-state index contributed by atoms with van der Waals surface area (Å²) >= 11 is 0. The van der Waals surface area contributed by atoms with Gasteiger partial charge in [-0.1, -0.05) is 67.7 Å². The summed E-state index contributed by atoms with van der Waals surface area (Å²) in [5.74, 6) is 6.67. The summed E-state index contributed by atoms with van der Waals surface area (Å²) in [4.78, 5) is 0. The highest BCUT2D eigenvalue weighted by atomic mass is 14.4. The molecule has 1 aliphatic carbocycles. The monoisotopic (exact) mass is 280 g/mol. The van der Waals surface area contributed by atoms with E-state index in [0.717, 1.165) is 41.4 Å². The lowest BCUT2D eigenvalue weighted by molar-refractivity contribution is 0.200. The van der Waals surface area contributed by atoms with E-state index in [0.29, 0.717) is 0 Å². The molecule has 1 saturated carbocycles. The van der Waals surface area contributed by atoms with Gasteiger partial charge in [0, 0.05) is 0 Å². The van der Waals surface area contributed by atoms with Crippen molar-refractivity contribution in [1.82, 2.24) is 0 Å². The maximum absolute atomic E-state index is 2.54. The molecule has 0 radical (unpaired) electrons. The van der Waals surface area contributed by atoms with E-state index in [2.05, 4.69) is 48.5 Å². The zero-order valence-corrected chi connectivity index (χ0v) is 15.3. The van der Waals surface area contributed by atoms with Crippen LogP contribution in [0.1, 0.15) is 87.0 Å². The van der Waals surface area contributed by atoms with Crippen molar-refractivity contribution in [2.75, 3.05) is 0 Å². The second-order valence-electron chi connectivity index (χ2n) is 8.04. The Bertz CT molecular complexity index is 253. The van der Waals surface area contributed by atoms with Gasteiger partial charge in [0.2, 0.25) is 0 Å². The molecule has 0 nitrogen and oxygen atoms in total. The summed E-state index contributed by atoms with van der Waals surface area (Å²) in [6.07, 6.45) is 8.51. The minimum absolute atomic E-state index is 0.915. The van der Waals surface area contributed by atoms with Crippen LogP contribution in [0.3, 0.4) is 0 Å². The predicted molar refractivity (Wildman–Crippen MR) is 91.9 cm³/mol. The van der Waals surface area contributed by atoms with E-state index in [1.54, 1.807) is 0 Å². The molecular formula is C20H40. The molecule has 1 aliphatic rings. The van der Waals surface area contributed by atoms with Crippen molar-refractivity contribution in [3.05, 3.63) is 0 Å². The molecule has 0 heterocycles. The summed E-state index contributed by atoms with van der Waals surface area (Å²) in [6, 6.07) is 0. The maximum Gasteiger partial charge on any atom is -0.0355 e. The lowest BCUT2D eigenvalue weighted by atomic mass is 9.76. The van der Waals surface area contributed by atoms with Gasteiger partial charge in [-0.3, -0.25) is 0 Å². The van der Waals surface area contributed by atoms with Gasteiger partial charge in [0.05, 0.1) is 0 Å². The normalized spacial score (nSPS) is 33.6. The van der Waals surface area contributed by atoms with Crippen molar-refractivity contribution in [1.29, 1.82) is 0 Å². The molecule has 0 aromatic rings. The summed E-state index contributed by atoms with van der Waals surface area (Å²) in [5.41, 5.74) is 0. The zero-order valence-electron chi connectivity index (χ0n) is 15.3. The Morgan fingerprint density at radius 1 is 0.950 bits per heavy atom. The fourth-order valence-electron chi connectivity index (χ4n) is 5.06. The van der Waals surface area contributed by atoms with Crippen LogP contribution in [0.15, 0.2) is 0 Å². The first-order valence-electron chi connectivity index (χ1n) is 9.44. The Balaban J connectivity index is 2.51. The van der Waals surface area contributed by atoms with E-state index in [9.17, 15) is 0 Å². The molecule has 0 aromatic carbocycles. The number of rotatable bonds is 8. The lowest BCUT2D eigenvalue weighted by Gasteiger charge is -2.30. The fraction of sp³-hybridized carbons (Fsp3) is 1.00. The van der Waals surface area contributed by atoms with Crippen LogP contribution in [-0.2, 0) is 0 Å². The van der Waals surface area contributed by atoms with E-state index < -0.39 is 0 Å². The van der Waals surface area contributed by atoms with Crippen LogP contribution in [0.25, 0.3) is 0 Å². The summed E-state index contributed by atoms with van der Waals surface area (Å²) < 4.78 is 0. The lowest BCUT2D eigenvalue weighted by Crippen LogP contribution is -2.21. The van der Waals surface area contributed by atoms with Gasteiger partial charge in [-0.25, -0.2) is 0 Å². The van der Waals surface area contributed by atoms with Crippen molar-refractivity contribution in [3.63, 3.8) is 0 Å². The second kappa shape index (κ2) is 8.44. The van der Waals surface area contributed by atoms with Gasteiger partial charge in [0.1, 0.15) is 0 Å². The molecule has 0 aromatic heterocycles. The highest BCUT2D eigenvalue weighted by Gasteiger charge is 2.39. The van der Waals surface area contributed by atoms with E-state index in [-0.39, 0.29) is 0 Å². The van der Waals surface area contributed by atoms with Crippen molar-refractivity contribution >= 4 is 0 Å². The first kappa shape index (κ1) is 18.1. The SMILES string of the molecule is CCC(CC)CC(C)CC(C)C1CC(C)C(C)C1CC.